The molecule has 0 aromatic heterocycles. The second-order valence-corrected chi connectivity index (χ2v) is 2.61. The molecule has 0 aromatic carbocycles. The summed E-state index contributed by atoms with van der Waals surface area (Å²) in [6, 6.07) is 0. The molecule has 0 aliphatic heterocycles. The largest absolute Gasteiger partial charge is 0.316 e. The van der Waals surface area contributed by atoms with E-state index in [1.54, 1.807) is 0 Å². The molecule has 0 spiro atoms. The van der Waals surface area contributed by atoms with Crippen LogP contribution in [0.2, 0.25) is 0 Å². The summed E-state index contributed by atoms with van der Waals surface area (Å²) < 4.78 is 0. The van der Waals surface area contributed by atoms with Gasteiger partial charge in [0.2, 0.25) is 0 Å². The summed E-state index contributed by atoms with van der Waals surface area (Å²) in [5, 5.41) is 8.81. The summed E-state index contributed by atoms with van der Waals surface area (Å²) in [5.41, 5.74) is 2.13. The Kier molecular flexibility index (Phi) is 2.25. The normalized spacial score (nSPS) is 31.0. The van der Waals surface area contributed by atoms with E-state index in [2.05, 4.69) is 5.48 Å². The topological polar surface area (TPSA) is 32.3 Å². The van der Waals surface area contributed by atoms with Gasteiger partial charge in [0.1, 0.15) is 0 Å². The lowest BCUT2D eigenvalue weighted by Gasteiger charge is -2.27. The van der Waals surface area contributed by atoms with Gasteiger partial charge in [-0.25, -0.2) is 0 Å². The first-order chi connectivity index (χ1) is 4.83. The van der Waals surface area contributed by atoms with Gasteiger partial charge in [-0.1, -0.05) is 31.2 Å². The number of nitrogens with one attached hydrogen (secondary N) is 1. The molecule has 1 unspecified atom stereocenters. The van der Waals surface area contributed by atoms with Crippen molar-refractivity contribution in [1.29, 1.82) is 0 Å². The highest BCUT2D eigenvalue weighted by Crippen LogP contribution is 2.20. The first-order valence-corrected chi connectivity index (χ1v) is 3.58. The summed E-state index contributed by atoms with van der Waals surface area (Å²) >= 11 is 0. The van der Waals surface area contributed by atoms with Crippen LogP contribution in [-0.4, -0.2) is 10.7 Å². The molecule has 2 N–H and O–H groups in total. The quantitative estimate of drug-likeness (QED) is 0.570. The van der Waals surface area contributed by atoms with Gasteiger partial charge in [0.15, 0.2) is 0 Å². The summed E-state index contributed by atoms with van der Waals surface area (Å²) in [5.74, 6) is 0. The van der Waals surface area contributed by atoms with Crippen molar-refractivity contribution in [1.82, 2.24) is 5.48 Å². The predicted octanol–water partition coefficient (Wildman–Crippen LogP) is 1.63. The highest BCUT2D eigenvalue weighted by Gasteiger charge is 2.22. The molecule has 0 saturated carbocycles. The zero-order valence-corrected chi connectivity index (χ0v) is 6.17. The van der Waals surface area contributed by atoms with E-state index >= 15 is 0 Å². The number of hydrogen-bond donors (Lipinski definition) is 2. The molecule has 0 radical (unpaired) electrons. The third kappa shape index (κ3) is 1.28. The van der Waals surface area contributed by atoms with E-state index in [0.29, 0.717) is 0 Å². The molecule has 0 amide bonds. The van der Waals surface area contributed by atoms with E-state index in [0.717, 1.165) is 12.8 Å². The molecule has 1 aliphatic carbocycles. The third-order valence-corrected chi connectivity index (χ3v) is 2.00. The van der Waals surface area contributed by atoms with Crippen LogP contribution in [0.3, 0.4) is 0 Å². The van der Waals surface area contributed by atoms with Crippen LogP contribution in [-0.2, 0) is 0 Å². The fourth-order valence-electron chi connectivity index (χ4n) is 1.09. The van der Waals surface area contributed by atoms with Crippen molar-refractivity contribution < 1.29 is 5.21 Å². The number of rotatable bonds is 2. The maximum Gasteiger partial charge on any atom is 0.0644 e. The Morgan fingerprint density at radius 3 is 2.70 bits per heavy atom. The molecule has 1 atom stereocenters. The summed E-state index contributed by atoms with van der Waals surface area (Å²) in [7, 11) is 0. The lowest BCUT2D eigenvalue weighted by Crippen LogP contribution is -2.40. The molecule has 1 rings (SSSR count). The van der Waals surface area contributed by atoms with Crippen molar-refractivity contribution in [3.8, 4) is 0 Å². The summed E-state index contributed by atoms with van der Waals surface area (Å²) in [4.78, 5) is 0. The Bertz CT molecular complexity index is 157. The average molecular weight is 139 g/mol. The summed E-state index contributed by atoms with van der Waals surface area (Å²) in [6.07, 6.45) is 9.77. The van der Waals surface area contributed by atoms with Crippen molar-refractivity contribution in [3.63, 3.8) is 0 Å². The van der Waals surface area contributed by atoms with Crippen LogP contribution in [0.15, 0.2) is 24.3 Å². The zero-order valence-electron chi connectivity index (χ0n) is 6.17. The van der Waals surface area contributed by atoms with E-state index in [9.17, 15) is 0 Å². The molecule has 0 bridgehead atoms. The third-order valence-electron chi connectivity index (χ3n) is 2.00. The molecule has 0 heterocycles. The molecular weight excluding hydrogens is 126 g/mol. The lowest BCUT2D eigenvalue weighted by molar-refractivity contribution is 0.0859. The van der Waals surface area contributed by atoms with Gasteiger partial charge in [-0.15, -0.1) is 0 Å². The van der Waals surface area contributed by atoms with Gasteiger partial charge in [0, 0.05) is 0 Å². The average Bonchev–Trinajstić information content (AvgIpc) is 2.06. The Hall–Kier alpha value is -0.600. The van der Waals surface area contributed by atoms with Crippen molar-refractivity contribution in [2.24, 2.45) is 0 Å². The number of allylic oxidation sites excluding steroid dienone is 2. The SMILES string of the molecule is CCC1(NO)C=CC=CC1. The molecule has 0 fully saturated rings. The highest BCUT2D eigenvalue weighted by molar-refractivity contribution is 5.19. The zero-order chi connectivity index (χ0) is 7.45. The molecule has 1 aliphatic rings. The minimum Gasteiger partial charge on any atom is -0.316 e. The minimum absolute atomic E-state index is 0.200. The van der Waals surface area contributed by atoms with Gasteiger partial charge in [0.25, 0.3) is 0 Å². The van der Waals surface area contributed by atoms with Crippen molar-refractivity contribution in [3.05, 3.63) is 24.3 Å². The van der Waals surface area contributed by atoms with Gasteiger partial charge in [0.05, 0.1) is 5.54 Å². The fourth-order valence-corrected chi connectivity index (χ4v) is 1.09. The second-order valence-electron chi connectivity index (χ2n) is 2.61. The Labute approximate surface area is 61.2 Å². The van der Waals surface area contributed by atoms with Gasteiger partial charge < -0.3 is 5.21 Å². The molecule has 10 heavy (non-hydrogen) atoms. The minimum atomic E-state index is -0.200. The van der Waals surface area contributed by atoms with Crippen molar-refractivity contribution in [2.45, 2.75) is 25.3 Å². The van der Waals surface area contributed by atoms with Crippen LogP contribution in [0.4, 0.5) is 0 Å². The molecule has 2 nitrogen and oxygen atoms in total. The van der Waals surface area contributed by atoms with Crippen LogP contribution >= 0.6 is 0 Å². The van der Waals surface area contributed by atoms with E-state index < -0.39 is 0 Å². The maximum absolute atomic E-state index is 8.81. The van der Waals surface area contributed by atoms with E-state index in [1.165, 1.54) is 0 Å². The maximum atomic E-state index is 8.81. The standard InChI is InChI=1S/C8H13NO/c1-2-8(9-10)6-4-3-5-7-8/h3-6,9-10H,2,7H2,1H3. The van der Waals surface area contributed by atoms with E-state index in [-0.39, 0.29) is 5.54 Å². The van der Waals surface area contributed by atoms with Crippen LogP contribution < -0.4 is 5.48 Å². The fraction of sp³-hybridized carbons (Fsp3) is 0.500. The molecule has 0 aromatic rings. The number of hydroxylamine groups is 1. The molecule has 56 valence electrons. The second kappa shape index (κ2) is 2.99. The Balaban J connectivity index is 2.66. The van der Waals surface area contributed by atoms with Gasteiger partial charge in [-0.2, -0.15) is 5.48 Å². The van der Waals surface area contributed by atoms with Crippen molar-refractivity contribution >= 4 is 0 Å². The van der Waals surface area contributed by atoms with E-state index in [1.807, 2.05) is 31.2 Å². The monoisotopic (exact) mass is 139 g/mol. The van der Waals surface area contributed by atoms with Gasteiger partial charge in [-0.05, 0) is 12.8 Å². The lowest BCUT2D eigenvalue weighted by atomic mass is 9.90. The molecule has 2 heteroatoms. The van der Waals surface area contributed by atoms with Crippen LogP contribution in [0.25, 0.3) is 0 Å². The molecular formula is C8H13NO. The highest BCUT2D eigenvalue weighted by atomic mass is 16.5. The van der Waals surface area contributed by atoms with Gasteiger partial charge >= 0.3 is 0 Å². The van der Waals surface area contributed by atoms with Crippen LogP contribution in [0.5, 0.6) is 0 Å². The number of hydrogen-bond acceptors (Lipinski definition) is 2. The van der Waals surface area contributed by atoms with Crippen molar-refractivity contribution in [2.75, 3.05) is 0 Å². The smallest absolute Gasteiger partial charge is 0.0644 e. The first-order valence-electron chi connectivity index (χ1n) is 3.58. The Morgan fingerprint density at radius 1 is 1.60 bits per heavy atom. The van der Waals surface area contributed by atoms with E-state index in [4.69, 9.17) is 5.21 Å². The molecule has 0 saturated heterocycles. The Morgan fingerprint density at radius 2 is 2.40 bits per heavy atom. The predicted molar refractivity (Wildman–Crippen MR) is 40.8 cm³/mol. The van der Waals surface area contributed by atoms with Gasteiger partial charge in [-0.3, -0.25) is 0 Å². The van der Waals surface area contributed by atoms with Crippen LogP contribution in [0, 0.1) is 0 Å². The van der Waals surface area contributed by atoms with Crippen LogP contribution in [0.1, 0.15) is 19.8 Å². The first kappa shape index (κ1) is 7.51. The summed E-state index contributed by atoms with van der Waals surface area (Å²) in [6.45, 7) is 2.05.